The van der Waals surface area contributed by atoms with E-state index in [-0.39, 0.29) is 5.41 Å². The van der Waals surface area contributed by atoms with Crippen LogP contribution in [0.2, 0.25) is 0 Å². The zero-order chi connectivity index (χ0) is 16.0. The smallest absolute Gasteiger partial charge is 0.215 e. The van der Waals surface area contributed by atoms with Crippen LogP contribution in [-0.4, -0.2) is 29.6 Å². The van der Waals surface area contributed by atoms with Crippen LogP contribution in [0.3, 0.4) is 0 Å². The van der Waals surface area contributed by atoms with Crippen molar-refractivity contribution in [1.29, 1.82) is 0 Å². The third-order valence-corrected chi connectivity index (χ3v) is 5.00. The summed E-state index contributed by atoms with van der Waals surface area (Å²) >= 11 is 0. The number of nitrogens with zero attached hydrogens (tertiary/aromatic N) is 3. The molecule has 0 fully saturated rings. The SMILES string of the molecule is C[N+]1=C(C2=NN(c3ccccc3)CC2)C(C)(C)c2ccccc21. The molecule has 2 heterocycles. The van der Waals surface area contributed by atoms with Crippen LogP contribution in [0.1, 0.15) is 25.8 Å². The quantitative estimate of drug-likeness (QED) is 0.768. The maximum absolute atomic E-state index is 4.94. The molecule has 0 bridgehead atoms. The first-order valence-electron chi connectivity index (χ1n) is 8.20. The Morgan fingerprint density at radius 3 is 2.43 bits per heavy atom. The van der Waals surface area contributed by atoms with Crippen LogP contribution in [0.25, 0.3) is 0 Å². The maximum Gasteiger partial charge on any atom is 0.215 e. The summed E-state index contributed by atoms with van der Waals surface area (Å²) < 4.78 is 2.32. The van der Waals surface area contributed by atoms with E-state index in [0.717, 1.165) is 13.0 Å². The topological polar surface area (TPSA) is 18.6 Å². The molecule has 2 aromatic carbocycles. The fourth-order valence-corrected chi connectivity index (χ4v) is 3.93. The molecule has 0 aromatic heterocycles. The molecule has 3 nitrogen and oxygen atoms in total. The summed E-state index contributed by atoms with van der Waals surface area (Å²) in [6.07, 6.45) is 0.992. The van der Waals surface area contributed by atoms with Crippen LogP contribution < -0.4 is 5.01 Å². The molecule has 116 valence electrons. The van der Waals surface area contributed by atoms with E-state index in [1.165, 1.54) is 28.4 Å². The normalized spacial score (nSPS) is 19.1. The highest BCUT2D eigenvalue weighted by Gasteiger charge is 2.47. The molecule has 2 aliphatic rings. The van der Waals surface area contributed by atoms with Gasteiger partial charge in [0.2, 0.25) is 11.4 Å². The Morgan fingerprint density at radius 2 is 1.70 bits per heavy atom. The first-order valence-corrected chi connectivity index (χ1v) is 8.20. The van der Waals surface area contributed by atoms with Crippen molar-refractivity contribution in [3.63, 3.8) is 0 Å². The van der Waals surface area contributed by atoms with Gasteiger partial charge in [-0.15, -0.1) is 0 Å². The summed E-state index contributed by atoms with van der Waals surface area (Å²) in [6, 6.07) is 19.1. The van der Waals surface area contributed by atoms with Crippen molar-refractivity contribution in [2.75, 3.05) is 18.6 Å². The van der Waals surface area contributed by atoms with Gasteiger partial charge in [0.05, 0.1) is 11.1 Å². The van der Waals surface area contributed by atoms with E-state index in [2.05, 4.69) is 79.0 Å². The van der Waals surface area contributed by atoms with Crippen molar-refractivity contribution in [3.05, 3.63) is 60.2 Å². The number of para-hydroxylation sites is 2. The molecule has 4 rings (SSSR count). The van der Waals surface area contributed by atoms with Gasteiger partial charge in [-0.25, -0.2) is 0 Å². The molecule has 3 heteroatoms. The molecule has 0 saturated carbocycles. The fourth-order valence-electron chi connectivity index (χ4n) is 3.93. The molecule has 2 aliphatic heterocycles. The Kier molecular flexibility index (Phi) is 3.12. The summed E-state index contributed by atoms with van der Waals surface area (Å²) in [7, 11) is 2.16. The number of anilines is 1. The van der Waals surface area contributed by atoms with Gasteiger partial charge in [-0.3, -0.25) is 5.01 Å². The molecule has 0 radical (unpaired) electrons. The number of fused-ring (bicyclic) bond motifs is 1. The molecule has 0 aliphatic carbocycles. The van der Waals surface area contributed by atoms with Gasteiger partial charge in [0.1, 0.15) is 12.8 Å². The van der Waals surface area contributed by atoms with Crippen molar-refractivity contribution >= 4 is 22.8 Å². The van der Waals surface area contributed by atoms with E-state index < -0.39 is 0 Å². The molecular weight excluding hydrogens is 282 g/mol. The average Bonchev–Trinajstić information content (AvgIpc) is 3.11. The van der Waals surface area contributed by atoms with Gasteiger partial charge < -0.3 is 0 Å². The van der Waals surface area contributed by atoms with E-state index in [9.17, 15) is 0 Å². The van der Waals surface area contributed by atoms with E-state index >= 15 is 0 Å². The monoisotopic (exact) mass is 304 g/mol. The fraction of sp³-hybridized carbons (Fsp3) is 0.300. The number of benzene rings is 2. The maximum atomic E-state index is 4.94. The van der Waals surface area contributed by atoms with Crippen LogP contribution in [0.4, 0.5) is 11.4 Å². The highest BCUT2D eigenvalue weighted by atomic mass is 15.5. The second-order valence-corrected chi connectivity index (χ2v) is 6.81. The molecule has 0 atom stereocenters. The lowest BCUT2D eigenvalue weighted by Gasteiger charge is -2.17. The summed E-state index contributed by atoms with van der Waals surface area (Å²) in [5.74, 6) is 0. The van der Waals surface area contributed by atoms with E-state index in [1.807, 2.05) is 6.07 Å². The Balaban J connectivity index is 1.76. The molecule has 23 heavy (non-hydrogen) atoms. The zero-order valence-electron chi connectivity index (χ0n) is 14.0. The van der Waals surface area contributed by atoms with Crippen LogP contribution in [0.15, 0.2) is 59.7 Å². The Labute approximate surface area is 137 Å². The second kappa shape index (κ2) is 5.05. The van der Waals surface area contributed by atoms with E-state index in [0.29, 0.717) is 0 Å². The average molecular weight is 304 g/mol. The highest BCUT2D eigenvalue weighted by molar-refractivity contribution is 6.45. The van der Waals surface area contributed by atoms with Crippen LogP contribution in [0.5, 0.6) is 0 Å². The van der Waals surface area contributed by atoms with Crippen LogP contribution in [-0.2, 0) is 5.41 Å². The number of hydrazone groups is 1. The minimum atomic E-state index is -0.00310. The van der Waals surface area contributed by atoms with Crippen molar-refractivity contribution in [1.82, 2.24) is 0 Å². The van der Waals surface area contributed by atoms with Gasteiger partial charge in [-0.05, 0) is 26.0 Å². The lowest BCUT2D eigenvalue weighted by Crippen LogP contribution is -2.35. The third kappa shape index (κ3) is 2.11. The Hall–Kier alpha value is -2.42. The first kappa shape index (κ1) is 14.2. The van der Waals surface area contributed by atoms with Gasteiger partial charge in [0.25, 0.3) is 0 Å². The molecule has 0 N–H and O–H groups in total. The third-order valence-electron chi connectivity index (χ3n) is 5.00. The van der Waals surface area contributed by atoms with Crippen LogP contribution in [0, 0.1) is 0 Å². The summed E-state index contributed by atoms with van der Waals surface area (Å²) in [5.41, 5.74) is 6.39. The summed E-state index contributed by atoms with van der Waals surface area (Å²) in [6.45, 7) is 5.56. The van der Waals surface area contributed by atoms with Crippen molar-refractivity contribution in [3.8, 4) is 0 Å². The molecule has 0 saturated heterocycles. The van der Waals surface area contributed by atoms with E-state index in [1.54, 1.807) is 0 Å². The van der Waals surface area contributed by atoms with Gasteiger partial charge in [0.15, 0.2) is 0 Å². The molecule has 0 unspecified atom stereocenters. The standard InChI is InChI=1S/C20H22N3/c1-20(2)16-11-7-8-12-18(16)22(3)19(20)17-13-14-23(21-17)15-9-5-4-6-10-15/h4-12H,13-14H2,1-3H3/q+1. The molecule has 2 aromatic rings. The first-order chi connectivity index (χ1) is 11.1. The Bertz CT molecular complexity index is 816. The predicted molar refractivity (Wildman–Crippen MR) is 96.2 cm³/mol. The molecule has 0 spiro atoms. The lowest BCUT2D eigenvalue weighted by atomic mass is 9.79. The van der Waals surface area contributed by atoms with Crippen LogP contribution >= 0.6 is 0 Å². The van der Waals surface area contributed by atoms with Crippen molar-refractivity contribution < 1.29 is 4.58 Å². The van der Waals surface area contributed by atoms with Gasteiger partial charge in [0, 0.05) is 24.6 Å². The second-order valence-electron chi connectivity index (χ2n) is 6.81. The highest BCUT2D eigenvalue weighted by Crippen LogP contribution is 2.40. The molecule has 0 amide bonds. The minimum Gasteiger partial charge on any atom is -0.265 e. The number of hydrogen-bond acceptors (Lipinski definition) is 2. The van der Waals surface area contributed by atoms with Crippen molar-refractivity contribution in [2.45, 2.75) is 25.7 Å². The van der Waals surface area contributed by atoms with Gasteiger partial charge in [-0.2, -0.15) is 9.68 Å². The molecular formula is C20H22N3+. The van der Waals surface area contributed by atoms with Crippen molar-refractivity contribution in [2.24, 2.45) is 5.10 Å². The minimum absolute atomic E-state index is 0.00310. The number of hydrogen-bond donors (Lipinski definition) is 0. The summed E-state index contributed by atoms with van der Waals surface area (Å²) in [4.78, 5) is 0. The van der Waals surface area contributed by atoms with Gasteiger partial charge in [-0.1, -0.05) is 36.4 Å². The van der Waals surface area contributed by atoms with E-state index in [4.69, 9.17) is 5.10 Å². The summed E-state index contributed by atoms with van der Waals surface area (Å²) in [5, 5.41) is 7.06. The predicted octanol–water partition coefficient (Wildman–Crippen LogP) is 3.96. The van der Waals surface area contributed by atoms with Gasteiger partial charge >= 0.3 is 0 Å². The Morgan fingerprint density at radius 1 is 1.00 bits per heavy atom. The number of rotatable bonds is 2. The lowest BCUT2D eigenvalue weighted by molar-refractivity contribution is -0.400. The largest absolute Gasteiger partial charge is 0.265 e. The zero-order valence-corrected chi connectivity index (χ0v) is 14.0.